The van der Waals surface area contributed by atoms with Gasteiger partial charge >= 0.3 is 5.97 Å². The van der Waals surface area contributed by atoms with Crippen LogP contribution in [0.5, 0.6) is 0 Å². The van der Waals surface area contributed by atoms with Gasteiger partial charge in [0.2, 0.25) is 5.91 Å². The summed E-state index contributed by atoms with van der Waals surface area (Å²) in [5.41, 5.74) is 8.04. The van der Waals surface area contributed by atoms with Crippen LogP contribution in [0, 0.1) is 5.92 Å². The minimum absolute atomic E-state index is 0.112. The number of nitrogens with zero attached hydrogens (tertiary/aromatic N) is 2. The lowest BCUT2D eigenvalue weighted by atomic mass is 10.0. The molecule has 178 valence electrons. The van der Waals surface area contributed by atoms with Gasteiger partial charge in [-0.05, 0) is 55.2 Å². The van der Waals surface area contributed by atoms with Crippen LogP contribution in [0.1, 0.15) is 68.3 Å². The molecule has 33 heavy (non-hydrogen) atoms. The summed E-state index contributed by atoms with van der Waals surface area (Å²) < 4.78 is 0. The Kier molecular flexibility index (Phi) is 11.0. The SMILES string of the molecule is CCCCC(=O)N=C(N=CN)c1ccc(C2CCC(CO)C2)[nH]1.O=C(O)Cc1ccccc1. The van der Waals surface area contributed by atoms with Crippen molar-refractivity contribution in [1.82, 2.24) is 4.98 Å². The van der Waals surface area contributed by atoms with E-state index in [9.17, 15) is 14.7 Å². The van der Waals surface area contributed by atoms with Crippen LogP contribution in [0.15, 0.2) is 52.4 Å². The number of aliphatic hydroxyl groups excluding tert-OH is 1. The number of hydrogen-bond acceptors (Lipinski definition) is 3. The number of aliphatic carboxylic acids is 1. The molecule has 0 bridgehead atoms. The second-order valence-corrected chi connectivity index (χ2v) is 8.15. The van der Waals surface area contributed by atoms with E-state index >= 15 is 0 Å². The molecular weight excluding hydrogens is 420 g/mol. The van der Waals surface area contributed by atoms with E-state index in [4.69, 9.17) is 10.8 Å². The van der Waals surface area contributed by atoms with E-state index in [1.807, 2.05) is 37.3 Å². The van der Waals surface area contributed by atoms with Gasteiger partial charge in [0.15, 0.2) is 5.84 Å². The lowest BCUT2D eigenvalue weighted by Crippen LogP contribution is -2.07. The number of aromatic amines is 1. The molecule has 2 atom stereocenters. The van der Waals surface area contributed by atoms with Crippen molar-refractivity contribution in [3.8, 4) is 0 Å². The Morgan fingerprint density at radius 2 is 1.94 bits per heavy atom. The molecular formula is C25H34N4O4. The number of rotatable bonds is 8. The van der Waals surface area contributed by atoms with E-state index in [1.165, 1.54) is 0 Å². The molecule has 3 rings (SSSR count). The first-order valence-corrected chi connectivity index (χ1v) is 11.4. The van der Waals surface area contributed by atoms with Crippen molar-refractivity contribution >= 4 is 24.1 Å². The van der Waals surface area contributed by atoms with E-state index in [1.54, 1.807) is 12.1 Å². The molecule has 5 N–H and O–H groups in total. The Bertz CT molecular complexity index is 937. The maximum Gasteiger partial charge on any atom is 0.307 e. The van der Waals surface area contributed by atoms with Crippen LogP contribution in [0.4, 0.5) is 0 Å². The molecule has 1 saturated carbocycles. The van der Waals surface area contributed by atoms with Crippen LogP contribution in [-0.4, -0.2) is 45.9 Å². The summed E-state index contributed by atoms with van der Waals surface area (Å²) in [7, 11) is 0. The van der Waals surface area contributed by atoms with Crippen molar-refractivity contribution < 1.29 is 19.8 Å². The second kappa shape index (κ2) is 14.0. The first-order chi connectivity index (χ1) is 16.0. The monoisotopic (exact) mass is 454 g/mol. The summed E-state index contributed by atoms with van der Waals surface area (Å²) >= 11 is 0. The van der Waals surface area contributed by atoms with Gasteiger partial charge in [-0.1, -0.05) is 43.7 Å². The summed E-state index contributed by atoms with van der Waals surface area (Å²) in [6.07, 6.45) is 6.57. The smallest absolute Gasteiger partial charge is 0.307 e. The normalized spacial score (nSPS) is 18.2. The molecule has 0 radical (unpaired) electrons. The fourth-order valence-corrected chi connectivity index (χ4v) is 3.81. The van der Waals surface area contributed by atoms with E-state index in [-0.39, 0.29) is 18.9 Å². The molecule has 1 aromatic carbocycles. The van der Waals surface area contributed by atoms with Gasteiger partial charge in [0.05, 0.1) is 18.5 Å². The maximum absolute atomic E-state index is 11.9. The van der Waals surface area contributed by atoms with Crippen molar-refractivity contribution in [3.05, 3.63) is 59.4 Å². The largest absolute Gasteiger partial charge is 0.481 e. The summed E-state index contributed by atoms with van der Waals surface area (Å²) in [6, 6.07) is 13.0. The zero-order valence-corrected chi connectivity index (χ0v) is 19.1. The lowest BCUT2D eigenvalue weighted by molar-refractivity contribution is -0.136. The van der Waals surface area contributed by atoms with Crippen LogP contribution >= 0.6 is 0 Å². The number of nitrogens with one attached hydrogen (secondary N) is 1. The minimum atomic E-state index is -0.786. The highest BCUT2D eigenvalue weighted by atomic mass is 16.4. The fourth-order valence-electron chi connectivity index (χ4n) is 3.81. The molecule has 8 heteroatoms. The van der Waals surface area contributed by atoms with Crippen molar-refractivity contribution in [2.45, 2.75) is 57.8 Å². The molecule has 0 aliphatic heterocycles. The van der Waals surface area contributed by atoms with Crippen molar-refractivity contribution in [2.75, 3.05) is 6.61 Å². The standard InChI is InChI=1S/C17H26N4O2.C8H8O2/c1-2-3-4-16(23)21-17(19-11-18)15-8-7-14(20-15)13-6-5-12(9-13)10-22;9-8(10)6-7-4-2-1-3-5-7/h7-8,11-13,20,22H,2-6,9-10H2,1H3,(H2,18,19,21,23);1-5H,6H2,(H,9,10). The topological polar surface area (TPSA) is 141 Å². The maximum atomic E-state index is 11.9. The van der Waals surface area contributed by atoms with E-state index in [0.717, 1.165) is 49.7 Å². The highest BCUT2D eigenvalue weighted by Crippen LogP contribution is 2.37. The van der Waals surface area contributed by atoms with Crippen LogP contribution < -0.4 is 5.73 Å². The number of H-pyrrole nitrogens is 1. The summed E-state index contributed by atoms with van der Waals surface area (Å²) in [6.45, 7) is 2.29. The number of nitrogens with two attached hydrogens (primary N) is 1. The number of carboxylic acids is 1. The molecule has 1 aliphatic rings. The number of amides is 1. The number of unbranched alkanes of at least 4 members (excludes halogenated alkanes) is 1. The summed E-state index contributed by atoms with van der Waals surface area (Å²) in [5.74, 6) is 0.171. The van der Waals surface area contributed by atoms with Gasteiger partial charge in [0.25, 0.3) is 0 Å². The van der Waals surface area contributed by atoms with Crippen LogP contribution in [-0.2, 0) is 16.0 Å². The molecule has 8 nitrogen and oxygen atoms in total. The number of amidine groups is 1. The van der Waals surface area contributed by atoms with Crippen LogP contribution in [0.3, 0.4) is 0 Å². The number of carbonyl (C=O) groups excluding carboxylic acids is 1. The number of benzene rings is 1. The molecule has 1 fully saturated rings. The molecule has 0 saturated heterocycles. The molecule has 0 spiro atoms. The predicted octanol–water partition coefficient (Wildman–Crippen LogP) is 3.65. The Balaban J connectivity index is 0.000000321. The first kappa shape index (κ1) is 26.0. The number of aliphatic hydroxyl groups is 1. The van der Waals surface area contributed by atoms with E-state index in [0.29, 0.717) is 29.8 Å². The van der Waals surface area contributed by atoms with Gasteiger partial charge in [-0.3, -0.25) is 9.59 Å². The highest BCUT2D eigenvalue weighted by Gasteiger charge is 2.26. The van der Waals surface area contributed by atoms with E-state index < -0.39 is 5.97 Å². The number of carbonyl (C=O) groups is 2. The Labute approximate surface area is 194 Å². The third-order valence-corrected chi connectivity index (χ3v) is 5.56. The Morgan fingerprint density at radius 3 is 2.55 bits per heavy atom. The number of hydrogen-bond donors (Lipinski definition) is 4. The summed E-state index contributed by atoms with van der Waals surface area (Å²) in [4.78, 5) is 33.4. The molecule has 2 unspecified atom stereocenters. The van der Waals surface area contributed by atoms with Gasteiger partial charge in [-0.25, -0.2) is 4.99 Å². The van der Waals surface area contributed by atoms with Crippen LogP contribution in [0.25, 0.3) is 0 Å². The van der Waals surface area contributed by atoms with Gasteiger partial charge < -0.3 is 20.9 Å². The lowest BCUT2D eigenvalue weighted by Gasteiger charge is -2.08. The molecule has 2 aromatic rings. The first-order valence-electron chi connectivity index (χ1n) is 11.4. The average Bonchev–Trinajstić information content (AvgIpc) is 3.48. The van der Waals surface area contributed by atoms with Crippen LogP contribution in [0.2, 0.25) is 0 Å². The van der Waals surface area contributed by atoms with Gasteiger partial charge in [0, 0.05) is 18.7 Å². The molecule has 1 aliphatic carbocycles. The van der Waals surface area contributed by atoms with Gasteiger partial charge in [-0.2, -0.15) is 4.99 Å². The Hall–Kier alpha value is -3.26. The fraction of sp³-hybridized carbons (Fsp3) is 0.440. The van der Waals surface area contributed by atoms with Gasteiger partial charge in [-0.15, -0.1) is 0 Å². The predicted molar refractivity (Wildman–Crippen MR) is 129 cm³/mol. The average molecular weight is 455 g/mol. The minimum Gasteiger partial charge on any atom is -0.481 e. The highest BCUT2D eigenvalue weighted by molar-refractivity contribution is 6.06. The third-order valence-electron chi connectivity index (χ3n) is 5.56. The zero-order chi connectivity index (χ0) is 24.1. The molecule has 1 aromatic heterocycles. The van der Waals surface area contributed by atoms with Crippen molar-refractivity contribution in [2.24, 2.45) is 21.6 Å². The van der Waals surface area contributed by atoms with Gasteiger partial charge in [0.1, 0.15) is 0 Å². The second-order valence-electron chi connectivity index (χ2n) is 8.15. The van der Waals surface area contributed by atoms with E-state index in [2.05, 4.69) is 15.0 Å². The third kappa shape index (κ3) is 9.02. The Morgan fingerprint density at radius 1 is 1.18 bits per heavy atom. The molecule has 1 amide bonds. The summed E-state index contributed by atoms with van der Waals surface area (Å²) in [5, 5.41) is 17.6. The number of carboxylic acid groups (broad SMARTS) is 1. The number of aromatic nitrogens is 1. The quantitative estimate of drug-likeness (QED) is 0.356. The van der Waals surface area contributed by atoms with Crippen molar-refractivity contribution in [1.29, 1.82) is 0 Å². The zero-order valence-electron chi connectivity index (χ0n) is 19.1. The van der Waals surface area contributed by atoms with Crippen molar-refractivity contribution in [3.63, 3.8) is 0 Å². The number of aliphatic imine (C=N–C) groups is 2. The molecule has 1 heterocycles.